The van der Waals surface area contributed by atoms with Gasteiger partial charge in [-0.05, 0) is 35.1 Å². The van der Waals surface area contributed by atoms with Crippen molar-refractivity contribution in [1.82, 2.24) is 15.4 Å². The van der Waals surface area contributed by atoms with Crippen molar-refractivity contribution in [2.45, 2.75) is 39.7 Å². The van der Waals surface area contributed by atoms with Crippen molar-refractivity contribution in [3.8, 4) is 33.9 Å². The fraction of sp³-hybridized carbons (Fsp3) is 0.407. The van der Waals surface area contributed by atoms with E-state index >= 15 is 0 Å². The maximum absolute atomic E-state index is 12.9. The summed E-state index contributed by atoms with van der Waals surface area (Å²) >= 11 is 0. The number of nitrogens with one attached hydrogen (secondary N) is 1. The number of rotatable bonds is 8. The number of phenolic OH excluding ortho intramolecular Hbond substituents is 2. The molecule has 4 rings (SSSR count). The Morgan fingerprint density at radius 2 is 1.83 bits per heavy atom. The molecule has 8 heteroatoms. The maximum atomic E-state index is 12.9. The minimum Gasteiger partial charge on any atom is -0.508 e. The highest BCUT2D eigenvalue weighted by atomic mass is 16.5. The van der Waals surface area contributed by atoms with Crippen LogP contribution >= 0.6 is 0 Å². The van der Waals surface area contributed by atoms with Gasteiger partial charge in [-0.25, -0.2) is 0 Å². The molecule has 0 spiro atoms. The molecule has 1 saturated heterocycles. The normalized spacial score (nSPS) is 14.4. The number of phenols is 2. The van der Waals surface area contributed by atoms with Crippen LogP contribution in [0.3, 0.4) is 0 Å². The highest BCUT2D eigenvalue weighted by molar-refractivity contribution is 6.02. The molecule has 1 fully saturated rings. The SMILES string of the molecule is CCCNC(=O)c1noc(-c2cc(C(C)C)c(O)cc2O)c1-c1ccc(CN2CCOCC2)cc1. The van der Waals surface area contributed by atoms with Gasteiger partial charge < -0.3 is 24.8 Å². The average Bonchev–Trinajstić information content (AvgIpc) is 3.28. The molecule has 0 bridgehead atoms. The summed E-state index contributed by atoms with van der Waals surface area (Å²) in [5.41, 5.74) is 3.62. The monoisotopic (exact) mass is 479 g/mol. The largest absolute Gasteiger partial charge is 0.508 e. The van der Waals surface area contributed by atoms with Gasteiger partial charge in [-0.1, -0.05) is 50.2 Å². The van der Waals surface area contributed by atoms with E-state index in [2.05, 4.69) is 15.4 Å². The molecule has 1 aliphatic rings. The Labute approximate surface area is 205 Å². The number of nitrogens with zero attached hydrogens (tertiary/aromatic N) is 2. The molecule has 0 saturated carbocycles. The van der Waals surface area contributed by atoms with Crippen molar-refractivity contribution in [3.63, 3.8) is 0 Å². The van der Waals surface area contributed by atoms with E-state index in [9.17, 15) is 15.0 Å². The maximum Gasteiger partial charge on any atom is 0.274 e. The van der Waals surface area contributed by atoms with Crippen LogP contribution in [0, 0.1) is 0 Å². The van der Waals surface area contributed by atoms with Gasteiger partial charge in [0.1, 0.15) is 11.5 Å². The number of aromatic hydroxyl groups is 2. The quantitative estimate of drug-likeness (QED) is 0.436. The predicted molar refractivity (Wildman–Crippen MR) is 134 cm³/mol. The Kier molecular flexibility index (Phi) is 7.73. The van der Waals surface area contributed by atoms with E-state index < -0.39 is 0 Å². The van der Waals surface area contributed by atoms with Crippen molar-refractivity contribution >= 4 is 5.91 Å². The van der Waals surface area contributed by atoms with Crippen LogP contribution in [0.1, 0.15) is 54.7 Å². The molecule has 2 heterocycles. The zero-order chi connectivity index (χ0) is 24.9. The number of morpholine rings is 1. The standard InChI is InChI=1S/C27H33N3O5/c1-4-9-28-27(33)25-24(19-7-5-18(6-8-19)16-30-10-12-34-13-11-30)26(35-29-25)21-14-20(17(2)3)22(31)15-23(21)32/h5-8,14-15,17,31-32H,4,9-13,16H2,1-3H3,(H,28,33). The van der Waals surface area contributed by atoms with E-state index in [4.69, 9.17) is 9.26 Å². The topological polar surface area (TPSA) is 108 Å². The third-order valence-corrected chi connectivity index (χ3v) is 6.21. The van der Waals surface area contributed by atoms with Crippen LogP contribution in [-0.4, -0.2) is 59.0 Å². The van der Waals surface area contributed by atoms with Crippen LogP contribution in [0.2, 0.25) is 0 Å². The smallest absolute Gasteiger partial charge is 0.274 e. The molecule has 0 aliphatic carbocycles. The first-order valence-corrected chi connectivity index (χ1v) is 12.1. The van der Waals surface area contributed by atoms with Gasteiger partial charge in [0.15, 0.2) is 11.5 Å². The zero-order valence-corrected chi connectivity index (χ0v) is 20.5. The first kappa shape index (κ1) is 24.8. The van der Waals surface area contributed by atoms with Crippen LogP contribution in [0.5, 0.6) is 11.5 Å². The van der Waals surface area contributed by atoms with Gasteiger partial charge in [-0.3, -0.25) is 9.69 Å². The highest BCUT2D eigenvalue weighted by Gasteiger charge is 2.27. The fourth-order valence-electron chi connectivity index (χ4n) is 4.25. The van der Waals surface area contributed by atoms with Gasteiger partial charge >= 0.3 is 0 Å². The minimum absolute atomic E-state index is 0.00990. The van der Waals surface area contributed by atoms with E-state index in [1.54, 1.807) is 6.07 Å². The molecule has 3 N–H and O–H groups in total. The van der Waals surface area contributed by atoms with Gasteiger partial charge in [0.25, 0.3) is 5.91 Å². The Morgan fingerprint density at radius 3 is 2.49 bits per heavy atom. The molecule has 1 amide bonds. The van der Waals surface area contributed by atoms with Crippen molar-refractivity contribution in [1.29, 1.82) is 0 Å². The van der Waals surface area contributed by atoms with Crippen LogP contribution < -0.4 is 5.32 Å². The lowest BCUT2D eigenvalue weighted by Gasteiger charge is -2.26. The van der Waals surface area contributed by atoms with E-state index in [0.717, 1.165) is 50.4 Å². The number of hydrogen-bond donors (Lipinski definition) is 3. The van der Waals surface area contributed by atoms with Crippen molar-refractivity contribution in [2.24, 2.45) is 0 Å². The number of amides is 1. The second kappa shape index (κ2) is 10.9. The number of aromatic nitrogens is 1. The molecule has 1 aliphatic heterocycles. The summed E-state index contributed by atoms with van der Waals surface area (Å²) < 4.78 is 11.1. The molecule has 1 aromatic heterocycles. The second-order valence-electron chi connectivity index (χ2n) is 9.16. The third-order valence-electron chi connectivity index (χ3n) is 6.21. The van der Waals surface area contributed by atoms with Gasteiger partial charge in [-0.2, -0.15) is 0 Å². The lowest BCUT2D eigenvalue weighted by atomic mass is 9.94. The van der Waals surface area contributed by atoms with Crippen LogP contribution in [0.25, 0.3) is 22.5 Å². The molecule has 186 valence electrons. The summed E-state index contributed by atoms with van der Waals surface area (Å²) in [7, 11) is 0. The number of ether oxygens (including phenoxy) is 1. The Hall–Kier alpha value is -3.36. The molecular weight excluding hydrogens is 446 g/mol. The predicted octanol–water partition coefficient (Wildman–Crippen LogP) is 4.52. The van der Waals surface area contributed by atoms with E-state index in [1.165, 1.54) is 6.07 Å². The van der Waals surface area contributed by atoms with Crippen LogP contribution in [-0.2, 0) is 11.3 Å². The molecule has 35 heavy (non-hydrogen) atoms. The molecule has 0 radical (unpaired) electrons. The van der Waals surface area contributed by atoms with Crippen LogP contribution in [0.4, 0.5) is 0 Å². The minimum atomic E-state index is -0.336. The van der Waals surface area contributed by atoms with E-state index in [1.807, 2.05) is 45.0 Å². The van der Waals surface area contributed by atoms with Gasteiger partial charge in [0.05, 0.1) is 24.3 Å². The first-order valence-electron chi connectivity index (χ1n) is 12.1. The third kappa shape index (κ3) is 5.49. The number of carbonyl (C=O) groups excluding carboxylic acids is 1. The summed E-state index contributed by atoms with van der Waals surface area (Å²) in [6.07, 6.45) is 0.790. The average molecular weight is 480 g/mol. The first-order chi connectivity index (χ1) is 16.9. The molecule has 8 nitrogen and oxygen atoms in total. The van der Waals surface area contributed by atoms with E-state index in [-0.39, 0.29) is 34.8 Å². The molecule has 0 unspecified atom stereocenters. The summed E-state index contributed by atoms with van der Waals surface area (Å²) in [4.78, 5) is 15.3. The fourth-order valence-corrected chi connectivity index (χ4v) is 4.25. The molecule has 0 atom stereocenters. The number of carbonyl (C=O) groups is 1. The molecule has 2 aromatic carbocycles. The second-order valence-corrected chi connectivity index (χ2v) is 9.16. The molecule has 3 aromatic rings. The Balaban J connectivity index is 1.75. The summed E-state index contributed by atoms with van der Waals surface area (Å²) in [6.45, 7) is 10.5. The van der Waals surface area contributed by atoms with E-state index in [0.29, 0.717) is 23.2 Å². The number of benzene rings is 2. The van der Waals surface area contributed by atoms with Crippen LogP contribution in [0.15, 0.2) is 40.9 Å². The van der Waals surface area contributed by atoms with Gasteiger partial charge in [0.2, 0.25) is 0 Å². The van der Waals surface area contributed by atoms with Gasteiger partial charge in [-0.15, -0.1) is 0 Å². The van der Waals surface area contributed by atoms with Crippen molar-refractivity contribution < 1.29 is 24.3 Å². The Bertz CT molecular complexity index is 1160. The van der Waals surface area contributed by atoms with Gasteiger partial charge in [0, 0.05) is 32.2 Å². The summed E-state index contributed by atoms with van der Waals surface area (Å²) in [5.74, 6) is -0.166. The summed E-state index contributed by atoms with van der Waals surface area (Å²) in [6, 6.07) is 11.0. The number of hydrogen-bond acceptors (Lipinski definition) is 7. The van der Waals surface area contributed by atoms with Crippen molar-refractivity contribution in [3.05, 3.63) is 53.2 Å². The zero-order valence-electron chi connectivity index (χ0n) is 20.5. The van der Waals surface area contributed by atoms with Crippen molar-refractivity contribution in [2.75, 3.05) is 32.8 Å². The highest BCUT2D eigenvalue weighted by Crippen LogP contribution is 2.43. The lowest BCUT2D eigenvalue weighted by Crippen LogP contribution is -2.35. The summed E-state index contributed by atoms with van der Waals surface area (Å²) in [5, 5.41) is 27.9. The Morgan fingerprint density at radius 1 is 1.11 bits per heavy atom. The molecular formula is C27H33N3O5. The lowest BCUT2D eigenvalue weighted by molar-refractivity contribution is 0.0342.